The molecule has 0 aliphatic heterocycles. The number of rotatable bonds is 6. The average Bonchev–Trinajstić information content (AvgIpc) is 3.10. The third kappa shape index (κ3) is 4.00. The van der Waals surface area contributed by atoms with E-state index in [-0.39, 0.29) is 0 Å². The summed E-state index contributed by atoms with van der Waals surface area (Å²) >= 11 is 0. The van der Waals surface area contributed by atoms with Crippen molar-refractivity contribution in [2.75, 3.05) is 18.8 Å². The van der Waals surface area contributed by atoms with Crippen molar-refractivity contribution >= 4 is 5.69 Å². The summed E-state index contributed by atoms with van der Waals surface area (Å²) in [5.74, 6) is 0.955. The van der Waals surface area contributed by atoms with Gasteiger partial charge in [-0.15, -0.1) is 0 Å². The molecule has 1 fully saturated rings. The van der Waals surface area contributed by atoms with Crippen LogP contribution in [-0.4, -0.2) is 29.0 Å². The highest BCUT2D eigenvalue weighted by Gasteiger charge is 2.25. The van der Waals surface area contributed by atoms with Crippen molar-refractivity contribution < 1.29 is 0 Å². The zero-order chi connectivity index (χ0) is 12.3. The van der Waals surface area contributed by atoms with Crippen molar-refractivity contribution in [2.45, 2.75) is 39.2 Å². The number of hydrogen-bond acceptors (Lipinski definition) is 3. The first-order valence-corrected chi connectivity index (χ1v) is 6.59. The number of nitrogen functional groups attached to an aromatic ring is 1. The third-order valence-corrected chi connectivity index (χ3v) is 3.42. The molecule has 0 radical (unpaired) electrons. The van der Waals surface area contributed by atoms with Gasteiger partial charge >= 0.3 is 0 Å². The lowest BCUT2D eigenvalue weighted by atomic mass is 10.2. The van der Waals surface area contributed by atoms with Gasteiger partial charge in [0.05, 0.1) is 11.9 Å². The second-order valence-electron chi connectivity index (χ2n) is 5.36. The van der Waals surface area contributed by atoms with Gasteiger partial charge in [0.15, 0.2) is 0 Å². The van der Waals surface area contributed by atoms with Crippen molar-refractivity contribution in [3.63, 3.8) is 0 Å². The Morgan fingerprint density at radius 3 is 2.71 bits per heavy atom. The van der Waals surface area contributed by atoms with Crippen LogP contribution in [0, 0.1) is 5.92 Å². The molecule has 0 spiro atoms. The van der Waals surface area contributed by atoms with Crippen LogP contribution in [0.2, 0.25) is 0 Å². The van der Waals surface area contributed by atoms with Crippen LogP contribution >= 0.6 is 0 Å². The van der Waals surface area contributed by atoms with E-state index >= 15 is 0 Å². The van der Waals surface area contributed by atoms with E-state index in [0.717, 1.165) is 30.3 Å². The Bertz CT molecular complexity index is 341. The van der Waals surface area contributed by atoms with Gasteiger partial charge in [0.2, 0.25) is 0 Å². The first kappa shape index (κ1) is 12.4. The maximum atomic E-state index is 5.63. The van der Waals surface area contributed by atoms with Crippen molar-refractivity contribution in [3.05, 3.63) is 24.0 Å². The van der Waals surface area contributed by atoms with Gasteiger partial charge in [-0.05, 0) is 44.7 Å². The molecule has 3 nitrogen and oxygen atoms in total. The van der Waals surface area contributed by atoms with E-state index in [9.17, 15) is 0 Å². The fraction of sp³-hybridized carbons (Fsp3) is 0.643. The van der Waals surface area contributed by atoms with Gasteiger partial charge in [0.1, 0.15) is 0 Å². The summed E-state index contributed by atoms with van der Waals surface area (Å²) in [4.78, 5) is 6.92. The van der Waals surface area contributed by atoms with Gasteiger partial charge in [0, 0.05) is 31.2 Å². The van der Waals surface area contributed by atoms with Crippen LogP contribution in [0.4, 0.5) is 5.69 Å². The highest BCUT2D eigenvalue weighted by Crippen LogP contribution is 2.30. The van der Waals surface area contributed by atoms with Crippen LogP contribution < -0.4 is 5.73 Å². The fourth-order valence-corrected chi connectivity index (χ4v) is 2.03. The molecule has 1 heterocycles. The monoisotopic (exact) mass is 233 g/mol. The topological polar surface area (TPSA) is 42.1 Å². The summed E-state index contributed by atoms with van der Waals surface area (Å²) in [6.07, 6.45) is 5.60. The number of hydrogen-bond donors (Lipinski definition) is 1. The summed E-state index contributed by atoms with van der Waals surface area (Å²) < 4.78 is 0. The van der Waals surface area contributed by atoms with Crippen molar-refractivity contribution in [1.82, 2.24) is 9.88 Å². The molecule has 0 unspecified atom stereocenters. The van der Waals surface area contributed by atoms with Crippen LogP contribution in [-0.2, 0) is 6.42 Å². The Morgan fingerprint density at radius 2 is 2.18 bits per heavy atom. The molecule has 0 atom stereocenters. The summed E-state index contributed by atoms with van der Waals surface area (Å²) in [5, 5.41) is 0. The van der Waals surface area contributed by atoms with Crippen molar-refractivity contribution in [2.24, 2.45) is 5.92 Å². The lowest BCUT2D eigenvalue weighted by Crippen LogP contribution is -2.34. The van der Waals surface area contributed by atoms with Crippen LogP contribution in [0.1, 0.15) is 32.4 Å². The first-order chi connectivity index (χ1) is 8.15. The summed E-state index contributed by atoms with van der Waals surface area (Å²) in [6.45, 7) is 6.91. The minimum absolute atomic E-state index is 0.629. The lowest BCUT2D eigenvalue weighted by Gasteiger charge is -2.26. The molecule has 0 amide bonds. The molecular weight excluding hydrogens is 210 g/mol. The maximum Gasteiger partial charge on any atom is 0.0501 e. The van der Waals surface area contributed by atoms with E-state index in [1.54, 1.807) is 6.20 Å². The molecule has 1 aliphatic carbocycles. The number of pyridine rings is 1. The zero-order valence-electron chi connectivity index (χ0n) is 10.9. The Kier molecular flexibility index (Phi) is 4.00. The molecule has 17 heavy (non-hydrogen) atoms. The van der Waals surface area contributed by atoms with Gasteiger partial charge in [-0.2, -0.15) is 0 Å². The normalized spacial score (nSPS) is 15.8. The number of aromatic nitrogens is 1. The third-order valence-electron chi connectivity index (χ3n) is 3.42. The Labute approximate surface area is 104 Å². The van der Waals surface area contributed by atoms with E-state index in [2.05, 4.69) is 23.7 Å². The molecule has 1 aromatic heterocycles. The van der Waals surface area contributed by atoms with Crippen molar-refractivity contribution in [3.8, 4) is 0 Å². The van der Waals surface area contributed by atoms with E-state index in [1.165, 1.54) is 19.4 Å². The quantitative estimate of drug-likeness (QED) is 0.820. The van der Waals surface area contributed by atoms with Gasteiger partial charge in [-0.25, -0.2) is 0 Å². The Hall–Kier alpha value is -1.09. The molecule has 94 valence electrons. The predicted octanol–water partition coefficient (Wildman–Crippen LogP) is 2.33. The first-order valence-electron chi connectivity index (χ1n) is 6.59. The van der Waals surface area contributed by atoms with Gasteiger partial charge < -0.3 is 10.6 Å². The molecule has 0 bridgehead atoms. The highest BCUT2D eigenvalue weighted by molar-refractivity contribution is 5.34. The highest BCUT2D eigenvalue weighted by atomic mass is 15.1. The molecular formula is C14H23N3. The molecule has 2 rings (SSSR count). The minimum atomic E-state index is 0.629. The van der Waals surface area contributed by atoms with E-state index in [4.69, 9.17) is 5.73 Å². The summed E-state index contributed by atoms with van der Waals surface area (Å²) in [6, 6.07) is 4.60. The lowest BCUT2D eigenvalue weighted by molar-refractivity contribution is 0.214. The molecule has 3 heteroatoms. The number of anilines is 1. The second kappa shape index (κ2) is 5.50. The van der Waals surface area contributed by atoms with Crippen LogP contribution in [0.25, 0.3) is 0 Å². The van der Waals surface area contributed by atoms with E-state index in [0.29, 0.717) is 6.04 Å². The Balaban J connectivity index is 1.83. The van der Waals surface area contributed by atoms with Gasteiger partial charge in [-0.3, -0.25) is 4.98 Å². The molecule has 1 aromatic rings. The SMILES string of the molecule is CC(C)N(CCc1ccc(N)cn1)CC1CC1. The number of nitrogens with zero attached hydrogens (tertiary/aromatic N) is 2. The summed E-state index contributed by atoms with van der Waals surface area (Å²) in [7, 11) is 0. The molecule has 1 saturated carbocycles. The largest absolute Gasteiger partial charge is 0.397 e. The van der Waals surface area contributed by atoms with Gasteiger partial charge in [-0.1, -0.05) is 0 Å². The fourth-order valence-electron chi connectivity index (χ4n) is 2.03. The van der Waals surface area contributed by atoms with Gasteiger partial charge in [0.25, 0.3) is 0 Å². The van der Waals surface area contributed by atoms with Crippen molar-refractivity contribution in [1.29, 1.82) is 0 Å². The standard InChI is InChI=1S/C14H23N3/c1-11(2)17(10-12-3-4-12)8-7-14-6-5-13(15)9-16-14/h5-6,9,11-12H,3-4,7-8,10,15H2,1-2H3. The average molecular weight is 233 g/mol. The molecule has 2 N–H and O–H groups in total. The number of nitrogens with two attached hydrogens (primary N) is 1. The van der Waals surface area contributed by atoms with Crippen LogP contribution in [0.5, 0.6) is 0 Å². The van der Waals surface area contributed by atoms with E-state index < -0.39 is 0 Å². The predicted molar refractivity (Wildman–Crippen MR) is 71.8 cm³/mol. The molecule has 0 saturated heterocycles. The smallest absolute Gasteiger partial charge is 0.0501 e. The van der Waals surface area contributed by atoms with Crippen LogP contribution in [0.3, 0.4) is 0 Å². The maximum absolute atomic E-state index is 5.63. The molecule has 1 aliphatic rings. The molecule has 0 aromatic carbocycles. The Morgan fingerprint density at radius 1 is 1.41 bits per heavy atom. The van der Waals surface area contributed by atoms with E-state index in [1.807, 2.05) is 12.1 Å². The second-order valence-corrected chi connectivity index (χ2v) is 5.36. The minimum Gasteiger partial charge on any atom is -0.397 e. The van der Waals surface area contributed by atoms with Crippen LogP contribution in [0.15, 0.2) is 18.3 Å². The zero-order valence-corrected chi connectivity index (χ0v) is 10.9. The summed E-state index contributed by atoms with van der Waals surface area (Å²) in [5.41, 5.74) is 7.51.